The molecule has 4 unspecified atom stereocenters. The van der Waals surface area contributed by atoms with E-state index in [-0.39, 0.29) is 35.6 Å². The number of carbonyl (C=O) groups excluding carboxylic acids is 1. The van der Waals surface area contributed by atoms with Crippen molar-refractivity contribution in [2.75, 3.05) is 19.6 Å². The average Bonchev–Trinajstić information content (AvgIpc) is 3.56. The fourth-order valence-electron chi connectivity index (χ4n) is 8.64. The molecule has 3 aromatic carbocycles. The number of nitrogens with one attached hydrogen (secondary N) is 1. The van der Waals surface area contributed by atoms with Gasteiger partial charge >= 0.3 is 0 Å². The minimum atomic E-state index is -0.354. The molecule has 1 saturated carbocycles. The summed E-state index contributed by atoms with van der Waals surface area (Å²) in [5, 5.41) is 15.9. The third-order valence-corrected chi connectivity index (χ3v) is 10.3. The molecule has 0 aromatic heterocycles. The van der Waals surface area contributed by atoms with E-state index >= 15 is 0 Å². The predicted molar refractivity (Wildman–Crippen MR) is 150 cm³/mol. The van der Waals surface area contributed by atoms with Gasteiger partial charge in [-0.3, -0.25) is 9.69 Å². The number of ether oxygens (including phenoxy) is 1. The fourth-order valence-corrected chi connectivity index (χ4v) is 8.64. The first-order valence-corrected chi connectivity index (χ1v) is 14.1. The van der Waals surface area contributed by atoms with Gasteiger partial charge in [-0.2, -0.15) is 0 Å². The van der Waals surface area contributed by atoms with Gasteiger partial charge in [-0.25, -0.2) is 0 Å². The summed E-state index contributed by atoms with van der Waals surface area (Å²) in [4.78, 5) is 16.2. The van der Waals surface area contributed by atoms with Crippen molar-refractivity contribution < 1.29 is 14.6 Å². The Bertz CT molecular complexity index is 1420. The lowest BCUT2D eigenvalue weighted by Gasteiger charge is -2.60. The summed E-state index contributed by atoms with van der Waals surface area (Å²) in [5.41, 5.74) is 3.04. The normalized spacial score (nSPS) is 32.9. The molecule has 2 aliphatic carbocycles. The lowest BCUT2D eigenvalue weighted by Crippen LogP contribution is -2.70. The number of rotatable bonds is 5. The van der Waals surface area contributed by atoms with E-state index in [1.807, 2.05) is 42.5 Å². The van der Waals surface area contributed by atoms with Crippen LogP contribution in [-0.2, 0) is 11.2 Å². The number of phenolic OH excluding ortho intramolecular Hbond substituents is 1. The minimum absolute atomic E-state index is 0. The summed E-state index contributed by atoms with van der Waals surface area (Å²) >= 11 is 0. The molecule has 3 heterocycles. The number of hydrogen-bond acceptors (Lipinski definition) is 4. The zero-order valence-corrected chi connectivity index (χ0v) is 22.4. The van der Waals surface area contributed by atoms with Gasteiger partial charge < -0.3 is 15.2 Å². The van der Waals surface area contributed by atoms with Gasteiger partial charge in [0.25, 0.3) is 5.91 Å². The maximum atomic E-state index is 13.4. The summed E-state index contributed by atoms with van der Waals surface area (Å²) < 4.78 is 7.04. The first-order chi connectivity index (χ1) is 18.1. The quantitative estimate of drug-likeness (QED) is 0.461. The van der Waals surface area contributed by atoms with Crippen molar-refractivity contribution in [3.63, 3.8) is 0 Å². The molecule has 6 heteroatoms. The molecule has 0 radical (unpaired) electrons. The Kier molecular flexibility index (Phi) is 5.60. The molecule has 3 aliphatic heterocycles. The second-order valence-electron chi connectivity index (χ2n) is 12.3. The number of nitrogens with zero attached hydrogens (tertiary/aromatic N) is 1. The number of amides is 1. The fraction of sp³-hybridized carbons (Fsp3) is 0.469. The lowest BCUT2D eigenvalue weighted by molar-refractivity contribution is -0.0545. The van der Waals surface area contributed by atoms with Crippen molar-refractivity contribution in [2.24, 2.45) is 11.8 Å². The van der Waals surface area contributed by atoms with Gasteiger partial charge in [0, 0.05) is 24.6 Å². The number of likely N-dealkylation sites (tertiary alicyclic amines) is 1. The topological polar surface area (TPSA) is 61.8 Å². The van der Waals surface area contributed by atoms with E-state index < -0.39 is 0 Å². The van der Waals surface area contributed by atoms with Crippen LogP contribution in [0.15, 0.2) is 60.7 Å². The van der Waals surface area contributed by atoms with Crippen molar-refractivity contribution in [1.29, 1.82) is 0 Å². The Balaban J connectivity index is 0.00000242. The summed E-state index contributed by atoms with van der Waals surface area (Å²) in [6.45, 7) is 2.83. The highest BCUT2D eigenvalue weighted by Crippen LogP contribution is 2.66. The average molecular weight is 531 g/mol. The van der Waals surface area contributed by atoms with Crippen molar-refractivity contribution in [3.8, 4) is 5.75 Å². The molecule has 38 heavy (non-hydrogen) atoms. The molecule has 5 atom stereocenters. The van der Waals surface area contributed by atoms with Crippen LogP contribution in [0.2, 0.25) is 0 Å². The van der Waals surface area contributed by atoms with Gasteiger partial charge in [-0.1, -0.05) is 36.4 Å². The Morgan fingerprint density at radius 2 is 1.87 bits per heavy atom. The van der Waals surface area contributed by atoms with Crippen LogP contribution in [-0.4, -0.2) is 52.8 Å². The number of piperidine rings is 1. The number of fused-ring (bicyclic) bond motifs is 5. The summed E-state index contributed by atoms with van der Waals surface area (Å²) in [5.74, 6) is 1.85. The summed E-state index contributed by atoms with van der Waals surface area (Å²) in [6, 6.07) is 20.1. The molecular formula is C32H35ClN2O3. The largest absolute Gasteiger partial charge is 0.508 e. The van der Waals surface area contributed by atoms with Gasteiger partial charge in [0.2, 0.25) is 0 Å². The van der Waals surface area contributed by atoms with E-state index in [1.165, 1.54) is 30.5 Å². The van der Waals surface area contributed by atoms with E-state index in [2.05, 4.69) is 28.4 Å². The molecule has 198 valence electrons. The Morgan fingerprint density at radius 1 is 1.03 bits per heavy atom. The van der Waals surface area contributed by atoms with E-state index in [1.54, 1.807) is 0 Å². The smallest absolute Gasteiger partial charge is 0.251 e. The number of carbonyl (C=O) groups is 1. The Labute approximate surface area is 230 Å². The maximum absolute atomic E-state index is 13.4. The van der Waals surface area contributed by atoms with Crippen LogP contribution in [0.1, 0.15) is 59.5 Å². The highest BCUT2D eigenvalue weighted by molar-refractivity contribution is 5.98. The Morgan fingerprint density at radius 3 is 2.71 bits per heavy atom. The molecule has 8 rings (SSSR count). The van der Waals surface area contributed by atoms with Crippen LogP contribution in [0.25, 0.3) is 10.8 Å². The second-order valence-corrected chi connectivity index (χ2v) is 12.3. The van der Waals surface area contributed by atoms with Crippen LogP contribution < -0.4 is 5.32 Å². The van der Waals surface area contributed by atoms with E-state index in [0.29, 0.717) is 29.7 Å². The standard InChI is InChI=1S/C32H34N2O3.ClH/c35-25-10-9-24-17-32-28-11-13-31(37-28,19-33-30(36)23-8-7-21-3-1-2-4-22(21)15-23)29(32)26(27(24)16-25)12-14-34(32)18-20-5-6-20;/h1-4,7-10,15-16,20,26,28-29,35H,5-6,11-14,17-19H2,(H,33,36);1H/t26?,28?,29?,31-,32?;/m0./s1. The number of benzene rings is 3. The van der Waals surface area contributed by atoms with Gasteiger partial charge in [0.15, 0.2) is 0 Å². The van der Waals surface area contributed by atoms with E-state index in [9.17, 15) is 9.90 Å². The molecule has 5 nitrogen and oxygen atoms in total. The van der Waals surface area contributed by atoms with Crippen LogP contribution in [0.3, 0.4) is 0 Å². The molecule has 1 amide bonds. The van der Waals surface area contributed by atoms with Crippen LogP contribution >= 0.6 is 12.4 Å². The number of halogens is 1. The zero-order chi connectivity index (χ0) is 24.8. The van der Waals surface area contributed by atoms with Crippen molar-refractivity contribution >= 4 is 29.1 Å². The summed E-state index contributed by atoms with van der Waals surface area (Å²) in [6.07, 6.45) is 7.03. The monoisotopic (exact) mass is 530 g/mol. The first kappa shape index (κ1) is 24.4. The number of aromatic hydroxyl groups is 1. The van der Waals surface area contributed by atoms with Crippen LogP contribution in [0.5, 0.6) is 5.75 Å². The lowest BCUT2D eigenvalue weighted by atomic mass is 9.52. The number of phenols is 1. The second kappa shape index (κ2) is 8.70. The molecule has 4 fully saturated rings. The molecule has 4 bridgehead atoms. The first-order valence-electron chi connectivity index (χ1n) is 14.1. The summed E-state index contributed by atoms with van der Waals surface area (Å²) in [7, 11) is 0. The SMILES string of the molecule is Cl.O=C(NC[C@]12CCC(O1)C13Cc4ccc(O)cc4C(CCN1CC1CC1)C32)c1ccc2ccccc2c1. The highest BCUT2D eigenvalue weighted by Gasteiger charge is 2.73. The van der Waals surface area contributed by atoms with E-state index in [0.717, 1.165) is 48.9 Å². The highest BCUT2D eigenvalue weighted by atomic mass is 35.5. The van der Waals surface area contributed by atoms with Crippen LogP contribution in [0, 0.1) is 11.8 Å². The molecule has 3 saturated heterocycles. The van der Waals surface area contributed by atoms with Crippen molar-refractivity contribution in [3.05, 3.63) is 77.4 Å². The predicted octanol–water partition coefficient (Wildman–Crippen LogP) is 5.44. The van der Waals surface area contributed by atoms with Gasteiger partial charge in [-0.15, -0.1) is 12.4 Å². The van der Waals surface area contributed by atoms with Gasteiger partial charge in [0.05, 0.1) is 17.2 Å². The molecule has 5 aliphatic rings. The molecule has 0 spiro atoms. The molecule has 3 aromatic rings. The van der Waals surface area contributed by atoms with Crippen molar-refractivity contribution in [1.82, 2.24) is 10.2 Å². The Hall–Kier alpha value is -2.60. The zero-order valence-electron chi connectivity index (χ0n) is 21.6. The third kappa shape index (κ3) is 3.48. The third-order valence-electron chi connectivity index (χ3n) is 10.3. The number of hydrogen-bond donors (Lipinski definition) is 2. The van der Waals surface area contributed by atoms with Crippen LogP contribution in [0.4, 0.5) is 0 Å². The van der Waals surface area contributed by atoms with E-state index in [4.69, 9.17) is 4.74 Å². The van der Waals surface area contributed by atoms with Gasteiger partial charge in [-0.05, 0) is 103 Å². The van der Waals surface area contributed by atoms with Gasteiger partial charge in [0.1, 0.15) is 5.75 Å². The van der Waals surface area contributed by atoms with Crippen molar-refractivity contribution in [2.45, 2.75) is 61.7 Å². The molecule has 2 N–H and O–H groups in total. The molecular weight excluding hydrogens is 496 g/mol. The maximum Gasteiger partial charge on any atom is 0.251 e. The minimum Gasteiger partial charge on any atom is -0.508 e.